The lowest BCUT2D eigenvalue weighted by Gasteiger charge is -2.38. The van der Waals surface area contributed by atoms with Gasteiger partial charge in [0.15, 0.2) is 5.78 Å². The number of likely N-dealkylation sites (tertiary alicyclic amines) is 2. The summed E-state index contributed by atoms with van der Waals surface area (Å²) < 4.78 is 2.12. The van der Waals surface area contributed by atoms with Crippen LogP contribution in [0.5, 0.6) is 0 Å². The molecule has 2 aliphatic heterocycles. The Hall–Kier alpha value is -2.60. The number of fused-ring (bicyclic) bond motifs is 1. The van der Waals surface area contributed by atoms with Gasteiger partial charge >= 0.3 is 0 Å². The van der Waals surface area contributed by atoms with E-state index in [0.29, 0.717) is 30.5 Å². The van der Waals surface area contributed by atoms with Gasteiger partial charge in [0.1, 0.15) is 0 Å². The van der Waals surface area contributed by atoms with E-state index in [1.165, 1.54) is 6.08 Å². The number of piperidine rings is 1. The van der Waals surface area contributed by atoms with Gasteiger partial charge in [0, 0.05) is 60.5 Å². The predicted molar refractivity (Wildman–Crippen MR) is 142 cm³/mol. The minimum Gasteiger partial charge on any atom is -0.338 e. The SMILES string of the molecule is C=CC(=O)N1CC(CC(=O)Cn2c(C3CC3)c(C(=O)N3CCCC(C)(C)C3)c3cc(Cl)cc(C)c32)C1. The van der Waals surface area contributed by atoms with Gasteiger partial charge in [-0.15, -0.1) is 0 Å². The summed E-state index contributed by atoms with van der Waals surface area (Å²) in [7, 11) is 0. The van der Waals surface area contributed by atoms with Gasteiger partial charge in [0.05, 0.1) is 17.6 Å². The molecule has 1 saturated carbocycles. The maximum absolute atomic E-state index is 14.1. The van der Waals surface area contributed by atoms with Crippen LogP contribution in [0.3, 0.4) is 0 Å². The number of hydrogen-bond donors (Lipinski definition) is 0. The number of benzene rings is 1. The summed E-state index contributed by atoms with van der Waals surface area (Å²) in [6, 6.07) is 3.83. The highest BCUT2D eigenvalue weighted by Crippen LogP contribution is 2.47. The molecule has 3 aliphatic rings. The lowest BCUT2D eigenvalue weighted by molar-refractivity contribution is -0.134. The van der Waals surface area contributed by atoms with Gasteiger partial charge in [0.2, 0.25) is 5.91 Å². The van der Waals surface area contributed by atoms with Crippen LogP contribution in [-0.2, 0) is 16.1 Å². The van der Waals surface area contributed by atoms with Crippen LogP contribution in [0.25, 0.3) is 10.9 Å². The second kappa shape index (κ2) is 9.37. The zero-order chi connectivity index (χ0) is 25.8. The normalized spacial score (nSPS) is 19.9. The number of nitrogens with zero attached hydrogens (tertiary/aromatic N) is 3. The van der Waals surface area contributed by atoms with Crippen LogP contribution in [0.2, 0.25) is 5.02 Å². The monoisotopic (exact) mass is 509 g/mol. The van der Waals surface area contributed by atoms with Crippen molar-refractivity contribution in [2.75, 3.05) is 26.2 Å². The van der Waals surface area contributed by atoms with Crippen molar-refractivity contribution in [3.05, 3.63) is 46.6 Å². The van der Waals surface area contributed by atoms with Crippen molar-refractivity contribution in [1.82, 2.24) is 14.4 Å². The first kappa shape index (κ1) is 25.1. The molecular weight excluding hydrogens is 474 g/mol. The number of halogens is 1. The van der Waals surface area contributed by atoms with E-state index in [4.69, 9.17) is 11.6 Å². The first-order valence-corrected chi connectivity index (χ1v) is 13.5. The highest BCUT2D eigenvalue weighted by molar-refractivity contribution is 6.31. The molecule has 192 valence electrons. The Morgan fingerprint density at radius 2 is 1.89 bits per heavy atom. The lowest BCUT2D eigenvalue weighted by Crippen LogP contribution is -2.50. The van der Waals surface area contributed by atoms with Crippen LogP contribution >= 0.6 is 11.6 Å². The van der Waals surface area contributed by atoms with Crippen molar-refractivity contribution in [3.8, 4) is 0 Å². The van der Waals surface area contributed by atoms with Crippen molar-refractivity contribution in [3.63, 3.8) is 0 Å². The number of aromatic nitrogens is 1. The minimum atomic E-state index is -0.0809. The molecule has 5 rings (SSSR count). The number of rotatable bonds is 7. The summed E-state index contributed by atoms with van der Waals surface area (Å²) in [6.07, 6.45) is 5.93. The van der Waals surface area contributed by atoms with Gasteiger partial charge in [-0.2, -0.15) is 0 Å². The molecule has 0 bridgehead atoms. The number of aryl methyl sites for hydroxylation is 1. The van der Waals surface area contributed by atoms with E-state index < -0.39 is 0 Å². The molecule has 0 spiro atoms. The van der Waals surface area contributed by atoms with E-state index in [2.05, 4.69) is 25.0 Å². The molecule has 36 heavy (non-hydrogen) atoms. The molecule has 0 atom stereocenters. The largest absolute Gasteiger partial charge is 0.338 e. The standard InChI is InChI=1S/C29H36ClN3O3/c1-5-24(35)32-14-19(15-32)12-22(34)16-33-26-18(2)11-21(30)13-23(26)25(27(33)20-7-8-20)28(36)31-10-6-9-29(3,4)17-31/h5,11,13,19-20H,1,6-10,12,14-17H2,2-4H3. The topological polar surface area (TPSA) is 62.6 Å². The van der Waals surface area contributed by atoms with Gasteiger partial charge in [-0.05, 0) is 61.8 Å². The molecule has 2 aromatic rings. The Bertz CT molecular complexity index is 1250. The second-order valence-corrected chi connectivity index (χ2v) is 12.2. The van der Waals surface area contributed by atoms with Crippen LogP contribution < -0.4 is 0 Å². The molecule has 0 N–H and O–H groups in total. The third-order valence-electron chi connectivity index (χ3n) is 8.01. The van der Waals surface area contributed by atoms with Crippen LogP contribution in [0.1, 0.15) is 73.5 Å². The molecule has 2 saturated heterocycles. The van der Waals surface area contributed by atoms with E-state index in [1.54, 1.807) is 4.90 Å². The fourth-order valence-corrected chi connectivity index (χ4v) is 6.45. The summed E-state index contributed by atoms with van der Waals surface area (Å²) in [5.74, 6) is 0.601. The van der Waals surface area contributed by atoms with Gasteiger partial charge in [-0.1, -0.05) is 32.0 Å². The average molecular weight is 510 g/mol. The first-order chi connectivity index (χ1) is 17.1. The minimum absolute atomic E-state index is 0.0695. The van der Waals surface area contributed by atoms with E-state index in [0.717, 1.165) is 66.5 Å². The molecule has 6 nitrogen and oxygen atoms in total. The fraction of sp³-hybridized carbons (Fsp3) is 0.552. The van der Waals surface area contributed by atoms with Crippen LogP contribution in [0.15, 0.2) is 24.8 Å². The van der Waals surface area contributed by atoms with Gasteiger partial charge < -0.3 is 14.4 Å². The third-order valence-corrected chi connectivity index (χ3v) is 8.23. The lowest BCUT2D eigenvalue weighted by atomic mass is 9.84. The average Bonchev–Trinajstić information content (AvgIpc) is 3.57. The van der Waals surface area contributed by atoms with Crippen molar-refractivity contribution < 1.29 is 14.4 Å². The molecule has 3 heterocycles. The second-order valence-electron chi connectivity index (χ2n) is 11.8. The highest BCUT2D eigenvalue weighted by Gasteiger charge is 2.39. The Kier molecular flexibility index (Phi) is 6.52. The Labute approximate surface area is 218 Å². The molecular formula is C29H36ClN3O3. The van der Waals surface area contributed by atoms with E-state index >= 15 is 0 Å². The highest BCUT2D eigenvalue weighted by atomic mass is 35.5. The molecule has 1 aromatic carbocycles. The van der Waals surface area contributed by atoms with Crippen LogP contribution in [0.4, 0.5) is 0 Å². The summed E-state index contributed by atoms with van der Waals surface area (Å²) in [4.78, 5) is 42.8. The number of hydrogen-bond acceptors (Lipinski definition) is 3. The number of carbonyl (C=O) groups is 3. The van der Waals surface area contributed by atoms with Gasteiger partial charge in [-0.3, -0.25) is 14.4 Å². The molecule has 7 heteroatoms. The zero-order valence-electron chi connectivity index (χ0n) is 21.6. The number of carbonyl (C=O) groups excluding carboxylic acids is 3. The van der Waals surface area contributed by atoms with Crippen molar-refractivity contribution in [2.24, 2.45) is 11.3 Å². The van der Waals surface area contributed by atoms with E-state index in [1.807, 2.05) is 24.0 Å². The molecule has 0 radical (unpaired) electrons. The summed E-state index contributed by atoms with van der Waals surface area (Å²) >= 11 is 6.50. The molecule has 0 unspecified atom stereocenters. The predicted octanol–water partition coefficient (Wildman–Crippen LogP) is 5.35. The summed E-state index contributed by atoms with van der Waals surface area (Å²) in [6.45, 7) is 12.9. The molecule has 2 amide bonds. The van der Waals surface area contributed by atoms with Crippen LogP contribution in [0, 0.1) is 18.3 Å². The van der Waals surface area contributed by atoms with Crippen molar-refractivity contribution in [1.29, 1.82) is 0 Å². The number of amides is 2. The molecule has 1 aliphatic carbocycles. The first-order valence-electron chi connectivity index (χ1n) is 13.1. The summed E-state index contributed by atoms with van der Waals surface area (Å²) in [5.41, 5.74) is 3.78. The molecule has 1 aromatic heterocycles. The smallest absolute Gasteiger partial charge is 0.256 e. The Morgan fingerprint density at radius 1 is 1.17 bits per heavy atom. The molecule has 3 fully saturated rings. The van der Waals surface area contributed by atoms with Crippen molar-refractivity contribution >= 4 is 40.1 Å². The zero-order valence-corrected chi connectivity index (χ0v) is 22.4. The number of ketones is 1. The maximum atomic E-state index is 14.1. The van der Waals surface area contributed by atoms with Crippen LogP contribution in [-0.4, -0.2) is 58.1 Å². The van der Waals surface area contributed by atoms with E-state index in [9.17, 15) is 14.4 Å². The van der Waals surface area contributed by atoms with Crippen molar-refractivity contribution in [2.45, 2.75) is 65.3 Å². The van der Waals surface area contributed by atoms with Gasteiger partial charge in [0.25, 0.3) is 5.91 Å². The van der Waals surface area contributed by atoms with E-state index in [-0.39, 0.29) is 35.5 Å². The summed E-state index contributed by atoms with van der Waals surface area (Å²) in [5, 5.41) is 1.48. The maximum Gasteiger partial charge on any atom is 0.256 e. The van der Waals surface area contributed by atoms with Gasteiger partial charge in [-0.25, -0.2) is 0 Å². The quantitative estimate of drug-likeness (QED) is 0.473. The number of Topliss-reactive ketones (excluding diaryl/α,β-unsaturated/α-hetero) is 1. The third kappa shape index (κ3) is 4.72. The fourth-order valence-electron chi connectivity index (χ4n) is 6.17. The Balaban J connectivity index is 1.49. The Morgan fingerprint density at radius 3 is 2.53 bits per heavy atom.